The van der Waals surface area contributed by atoms with Crippen molar-refractivity contribution in [2.45, 2.75) is 13.5 Å². The van der Waals surface area contributed by atoms with Gasteiger partial charge in [0.05, 0.1) is 5.69 Å². The first-order valence-corrected chi connectivity index (χ1v) is 6.33. The molecular formula is C16H20N2O. The molecule has 3 nitrogen and oxygen atoms in total. The van der Waals surface area contributed by atoms with Gasteiger partial charge in [-0.3, -0.25) is 0 Å². The van der Waals surface area contributed by atoms with Crippen LogP contribution in [0.4, 0.5) is 5.69 Å². The number of aryl methyl sites for hydroxylation is 1. The highest BCUT2D eigenvalue weighted by atomic mass is 16.5. The van der Waals surface area contributed by atoms with Gasteiger partial charge >= 0.3 is 0 Å². The number of benzene rings is 2. The van der Waals surface area contributed by atoms with Crippen LogP contribution in [-0.2, 0) is 6.54 Å². The predicted molar refractivity (Wildman–Crippen MR) is 79.5 cm³/mol. The lowest BCUT2D eigenvalue weighted by Gasteiger charge is -2.16. The predicted octanol–water partition coefficient (Wildman–Crippen LogP) is 3.43. The fourth-order valence-electron chi connectivity index (χ4n) is 1.94. The molecule has 19 heavy (non-hydrogen) atoms. The topological polar surface area (TPSA) is 38.5 Å². The standard InChI is InChI=1S/C16H20N2O/c1-12-7-6-10-15(16(12)17)19-14-9-5-4-8-13(14)11-18(2)3/h4-10H,11,17H2,1-3H3. The van der Waals surface area contributed by atoms with Crippen LogP contribution in [0.5, 0.6) is 11.5 Å². The van der Waals surface area contributed by atoms with E-state index in [0.29, 0.717) is 11.4 Å². The van der Waals surface area contributed by atoms with Crippen molar-refractivity contribution in [3.8, 4) is 11.5 Å². The highest BCUT2D eigenvalue weighted by Crippen LogP contribution is 2.31. The third-order valence-corrected chi connectivity index (χ3v) is 2.96. The van der Waals surface area contributed by atoms with Crippen molar-refractivity contribution >= 4 is 5.69 Å². The highest BCUT2D eigenvalue weighted by Gasteiger charge is 2.08. The molecule has 0 aromatic heterocycles. The third-order valence-electron chi connectivity index (χ3n) is 2.96. The molecule has 100 valence electrons. The van der Waals surface area contributed by atoms with Crippen molar-refractivity contribution < 1.29 is 4.74 Å². The Morgan fingerprint density at radius 2 is 1.68 bits per heavy atom. The van der Waals surface area contributed by atoms with Crippen LogP contribution in [0.3, 0.4) is 0 Å². The summed E-state index contributed by atoms with van der Waals surface area (Å²) in [6, 6.07) is 13.9. The molecule has 2 aromatic carbocycles. The van der Waals surface area contributed by atoms with Gasteiger partial charge in [0.1, 0.15) is 5.75 Å². The molecule has 0 spiro atoms. The molecule has 2 aromatic rings. The monoisotopic (exact) mass is 256 g/mol. The molecule has 0 amide bonds. The molecule has 0 fully saturated rings. The number of nitrogens with zero attached hydrogens (tertiary/aromatic N) is 1. The summed E-state index contributed by atoms with van der Waals surface area (Å²) in [5.41, 5.74) is 8.92. The minimum absolute atomic E-state index is 0.696. The largest absolute Gasteiger partial charge is 0.455 e. The van der Waals surface area contributed by atoms with Crippen LogP contribution in [0, 0.1) is 6.92 Å². The summed E-state index contributed by atoms with van der Waals surface area (Å²) in [6.45, 7) is 2.82. The second-order valence-electron chi connectivity index (χ2n) is 4.93. The van der Waals surface area contributed by atoms with E-state index in [-0.39, 0.29) is 0 Å². The minimum atomic E-state index is 0.696. The molecule has 0 saturated heterocycles. The molecule has 2 rings (SSSR count). The fraction of sp³-hybridized carbons (Fsp3) is 0.250. The van der Waals surface area contributed by atoms with E-state index in [2.05, 4.69) is 11.0 Å². The van der Waals surface area contributed by atoms with Crippen molar-refractivity contribution in [2.75, 3.05) is 19.8 Å². The Morgan fingerprint density at radius 3 is 2.42 bits per heavy atom. The fourth-order valence-corrected chi connectivity index (χ4v) is 1.94. The average molecular weight is 256 g/mol. The van der Waals surface area contributed by atoms with Crippen LogP contribution in [0.15, 0.2) is 42.5 Å². The van der Waals surface area contributed by atoms with Crippen LogP contribution in [0.2, 0.25) is 0 Å². The molecular weight excluding hydrogens is 236 g/mol. The minimum Gasteiger partial charge on any atom is -0.455 e. The number of para-hydroxylation sites is 2. The van der Waals surface area contributed by atoms with Crippen LogP contribution >= 0.6 is 0 Å². The van der Waals surface area contributed by atoms with E-state index in [1.54, 1.807) is 0 Å². The lowest BCUT2D eigenvalue weighted by molar-refractivity contribution is 0.389. The van der Waals surface area contributed by atoms with E-state index in [4.69, 9.17) is 10.5 Å². The second-order valence-corrected chi connectivity index (χ2v) is 4.93. The van der Waals surface area contributed by atoms with Crippen LogP contribution < -0.4 is 10.5 Å². The molecule has 2 N–H and O–H groups in total. The molecule has 0 radical (unpaired) electrons. The maximum absolute atomic E-state index is 6.05. The second kappa shape index (κ2) is 5.76. The molecule has 0 saturated carbocycles. The summed E-state index contributed by atoms with van der Waals surface area (Å²) >= 11 is 0. The third kappa shape index (κ3) is 3.26. The molecule has 0 atom stereocenters. The van der Waals surface area contributed by atoms with E-state index in [1.807, 2.05) is 57.4 Å². The zero-order chi connectivity index (χ0) is 13.8. The van der Waals surface area contributed by atoms with Gasteiger partial charge in [-0.05, 0) is 38.7 Å². The molecule has 0 bridgehead atoms. The first-order chi connectivity index (χ1) is 9.08. The van der Waals surface area contributed by atoms with E-state index >= 15 is 0 Å². The SMILES string of the molecule is Cc1cccc(Oc2ccccc2CN(C)C)c1N. The lowest BCUT2D eigenvalue weighted by Crippen LogP contribution is -2.11. The molecule has 0 aliphatic carbocycles. The molecule has 0 heterocycles. The summed E-state index contributed by atoms with van der Waals surface area (Å²) in [5, 5.41) is 0. The molecule has 0 aliphatic heterocycles. The zero-order valence-electron chi connectivity index (χ0n) is 11.7. The number of hydrogen-bond acceptors (Lipinski definition) is 3. The van der Waals surface area contributed by atoms with E-state index in [1.165, 1.54) is 0 Å². The first-order valence-electron chi connectivity index (χ1n) is 6.33. The zero-order valence-corrected chi connectivity index (χ0v) is 11.7. The van der Waals surface area contributed by atoms with E-state index in [0.717, 1.165) is 23.4 Å². The molecule has 0 aliphatic rings. The van der Waals surface area contributed by atoms with Gasteiger partial charge in [0.25, 0.3) is 0 Å². The average Bonchev–Trinajstić information content (AvgIpc) is 2.36. The Balaban J connectivity index is 2.30. The van der Waals surface area contributed by atoms with Gasteiger partial charge in [-0.15, -0.1) is 0 Å². The van der Waals surface area contributed by atoms with Gasteiger partial charge in [-0.25, -0.2) is 0 Å². The Bertz CT molecular complexity index is 564. The number of rotatable bonds is 4. The van der Waals surface area contributed by atoms with Crippen LogP contribution in [-0.4, -0.2) is 19.0 Å². The normalized spacial score (nSPS) is 10.7. The van der Waals surface area contributed by atoms with Gasteiger partial charge in [0.2, 0.25) is 0 Å². The van der Waals surface area contributed by atoms with E-state index in [9.17, 15) is 0 Å². The number of ether oxygens (including phenoxy) is 1. The van der Waals surface area contributed by atoms with Crippen molar-refractivity contribution in [1.82, 2.24) is 4.90 Å². The smallest absolute Gasteiger partial charge is 0.150 e. The maximum atomic E-state index is 6.05. The summed E-state index contributed by atoms with van der Waals surface area (Å²) in [4.78, 5) is 2.11. The number of anilines is 1. The van der Waals surface area contributed by atoms with Gasteiger partial charge in [-0.1, -0.05) is 30.3 Å². The number of hydrogen-bond donors (Lipinski definition) is 1. The Hall–Kier alpha value is -2.00. The van der Waals surface area contributed by atoms with E-state index < -0.39 is 0 Å². The number of nitrogens with two attached hydrogens (primary N) is 1. The van der Waals surface area contributed by atoms with Crippen molar-refractivity contribution in [3.05, 3.63) is 53.6 Å². The Morgan fingerprint density at radius 1 is 1.00 bits per heavy atom. The summed E-state index contributed by atoms with van der Waals surface area (Å²) in [6.07, 6.45) is 0. The van der Waals surface area contributed by atoms with Crippen molar-refractivity contribution in [3.63, 3.8) is 0 Å². The number of nitrogen functional groups attached to an aromatic ring is 1. The quantitative estimate of drug-likeness (QED) is 0.852. The Labute approximate surface area is 114 Å². The van der Waals surface area contributed by atoms with Crippen LogP contribution in [0.25, 0.3) is 0 Å². The van der Waals surface area contributed by atoms with Gasteiger partial charge in [0, 0.05) is 12.1 Å². The highest BCUT2D eigenvalue weighted by molar-refractivity contribution is 5.59. The van der Waals surface area contributed by atoms with Gasteiger partial charge < -0.3 is 15.4 Å². The Kier molecular flexibility index (Phi) is 4.07. The van der Waals surface area contributed by atoms with Crippen molar-refractivity contribution in [1.29, 1.82) is 0 Å². The molecule has 3 heteroatoms. The first kappa shape index (κ1) is 13.4. The molecule has 0 unspecified atom stereocenters. The van der Waals surface area contributed by atoms with Gasteiger partial charge in [-0.2, -0.15) is 0 Å². The van der Waals surface area contributed by atoms with Crippen molar-refractivity contribution in [2.24, 2.45) is 0 Å². The maximum Gasteiger partial charge on any atom is 0.150 e. The van der Waals surface area contributed by atoms with Gasteiger partial charge in [0.15, 0.2) is 5.75 Å². The lowest BCUT2D eigenvalue weighted by atomic mass is 10.1. The summed E-state index contributed by atoms with van der Waals surface area (Å²) in [7, 11) is 4.08. The summed E-state index contributed by atoms with van der Waals surface area (Å²) in [5.74, 6) is 1.57. The summed E-state index contributed by atoms with van der Waals surface area (Å²) < 4.78 is 5.97. The van der Waals surface area contributed by atoms with Crippen LogP contribution in [0.1, 0.15) is 11.1 Å².